The Balaban J connectivity index is 2.70. The first-order valence-corrected chi connectivity index (χ1v) is 4.73. The molecule has 0 heterocycles. The number of hydrogen-bond acceptors (Lipinski definition) is 3. The number of esters is 2. The lowest BCUT2D eigenvalue weighted by Crippen LogP contribution is -2.25. The fourth-order valence-electron chi connectivity index (χ4n) is 0.870. The zero-order valence-electron chi connectivity index (χ0n) is 9.11. The van der Waals surface area contributed by atoms with Gasteiger partial charge in [0.05, 0.1) is 11.0 Å². The number of hydrogen-bond donors (Lipinski definition) is 0. The molecule has 0 atom stereocenters. The van der Waals surface area contributed by atoms with Gasteiger partial charge in [-0.2, -0.15) is 0 Å². The second kappa shape index (κ2) is 4.26. The van der Waals surface area contributed by atoms with E-state index in [1.165, 1.54) is 0 Å². The molecule has 3 heteroatoms. The van der Waals surface area contributed by atoms with Gasteiger partial charge >= 0.3 is 11.9 Å². The largest absolute Gasteiger partial charge is 0.389 e. The third-order valence-corrected chi connectivity index (χ3v) is 1.81. The van der Waals surface area contributed by atoms with Gasteiger partial charge in [0.25, 0.3) is 0 Å². The third-order valence-electron chi connectivity index (χ3n) is 1.81. The molecule has 0 fully saturated rings. The van der Waals surface area contributed by atoms with E-state index in [9.17, 15) is 9.59 Å². The second-order valence-corrected chi connectivity index (χ2v) is 4.29. The molecule has 0 aromatic heterocycles. The standard InChI is InChI=1S/C12H14O3/c1-12(2,3)11(14)15-10(13)9-7-5-4-6-8-9/h4-8H,1-3H3. The number of rotatable bonds is 1. The molecule has 0 N–H and O–H groups in total. The van der Waals surface area contributed by atoms with Gasteiger partial charge < -0.3 is 4.74 Å². The van der Waals surface area contributed by atoms with Gasteiger partial charge in [0.15, 0.2) is 0 Å². The summed E-state index contributed by atoms with van der Waals surface area (Å²) < 4.78 is 4.72. The van der Waals surface area contributed by atoms with Gasteiger partial charge in [-0.3, -0.25) is 4.79 Å². The van der Waals surface area contributed by atoms with Crippen molar-refractivity contribution in [1.29, 1.82) is 0 Å². The van der Waals surface area contributed by atoms with Crippen LogP contribution in [0.4, 0.5) is 0 Å². The summed E-state index contributed by atoms with van der Waals surface area (Å²) in [5.41, 5.74) is -0.278. The van der Waals surface area contributed by atoms with E-state index >= 15 is 0 Å². The minimum atomic E-state index is -0.662. The Kier molecular flexibility index (Phi) is 3.24. The molecule has 0 spiro atoms. The molecule has 80 valence electrons. The molecule has 0 amide bonds. The summed E-state index contributed by atoms with van der Waals surface area (Å²) in [5.74, 6) is -1.12. The summed E-state index contributed by atoms with van der Waals surface area (Å²) in [6.07, 6.45) is 0. The van der Waals surface area contributed by atoms with Crippen molar-refractivity contribution in [2.75, 3.05) is 0 Å². The van der Waals surface area contributed by atoms with E-state index in [1.54, 1.807) is 51.1 Å². The van der Waals surface area contributed by atoms with Gasteiger partial charge in [-0.15, -0.1) is 0 Å². The predicted molar refractivity (Wildman–Crippen MR) is 56.3 cm³/mol. The van der Waals surface area contributed by atoms with Crippen molar-refractivity contribution in [3.63, 3.8) is 0 Å². The van der Waals surface area contributed by atoms with Crippen LogP contribution in [0.5, 0.6) is 0 Å². The van der Waals surface area contributed by atoms with Crippen LogP contribution in [0, 0.1) is 5.41 Å². The maximum Gasteiger partial charge on any atom is 0.345 e. The highest BCUT2D eigenvalue weighted by molar-refractivity contribution is 5.97. The van der Waals surface area contributed by atoms with E-state index in [0.29, 0.717) is 5.56 Å². The van der Waals surface area contributed by atoms with E-state index in [1.807, 2.05) is 0 Å². The molecule has 15 heavy (non-hydrogen) atoms. The van der Waals surface area contributed by atoms with E-state index in [2.05, 4.69) is 0 Å². The molecule has 0 saturated heterocycles. The molecular formula is C12H14O3. The first-order valence-electron chi connectivity index (χ1n) is 4.73. The maximum atomic E-state index is 11.5. The topological polar surface area (TPSA) is 43.4 Å². The molecule has 0 aliphatic heterocycles. The van der Waals surface area contributed by atoms with Crippen molar-refractivity contribution in [2.45, 2.75) is 20.8 Å². The quantitative estimate of drug-likeness (QED) is 0.523. The Labute approximate surface area is 89.1 Å². The fraction of sp³-hybridized carbons (Fsp3) is 0.333. The number of carbonyl (C=O) groups is 2. The molecule has 1 rings (SSSR count). The van der Waals surface area contributed by atoms with E-state index in [-0.39, 0.29) is 0 Å². The molecule has 0 radical (unpaired) electrons. The van der Waals surface area contributed by atoms with Crippen LogP contribution in [0.15, 0.2) is 30.3 Å². The normalized spacial score (nSPS) is 10.9. The Hall–Kier alpha value is -1.64. The first kappa shape index (κ1) is 11.4. The lowest BCUT2D eigenvalue weighted by atomic mass is 9.97. The Bertz CT molecular complexity index is 360. The highest BCUT2D eigenvalue weighted by Gasteiger charge is 2.26. The van der Waals surface area contributed by atoms with Crippen LogP contribution < -0.4 is 0 Å². The average molecular weight is 206 g/mol. The highest BCUT2D eigenvalue weighted by Crippen LogP contribution is 2.16. The van der Waals surface area contributed by atoms with Crippen molar-refractivity contribution in [3.8, 4) is 0 Å². The Morgan fingerprint density at radius 3 is 2.07 bits per heavy atom. The van der Waals surface area contributed by atoms with Crippen molar-refractivity contribution in [2.24, 2.45) is 5.41 Å². The van der Waals surface area contributed by atoms with Gasteiger partial charge in [0.2, 0.25) is 0 Å². The second-order valence-electron chi connectivity index (χ2n) is 4.29. The van der Waals surface area contributed by atoms with E-state index in [0.717, 1.165) is 0 Å². The molecule has 3 nitrogen and oxygen atoms in total. The van der Waals surface area contributed by atoms with Crippen LogP contribution in [-0.2, 0) is 9.53 Å². The van der Waals surface area contributed by atoms with Gasteiger partial charge in [0, 0.05) is 0 Å². The van der Waals surface area contributed by atoms with Crippen molar-refractivity contribution >= 4 is 11.9 Å². The van der Waals surface area contributed by atoms with Crippen LogP contribution in [0.1, 0.15) is 31.1 Å². The van der Waals surface area contributed by atoms with Crippen LogP contribution in [0.25, 0.3) is 0 Å². The molecular weight excluding hydrogens is 192 g/mol. The summed E-state index contributed by atoms with van der Waals surface area (Å²) in [6.45, 7) is 5.11. The zero-order valence-corrected chi connectivity index (χ0v) is 9.11. The first-order chi connectivity index (χ1) is 6.91. The SMILES string of the molecule is CC(C)(C)C(=O)OC(=O)c1ccccc1. The predicted octanol–water partition coefficient (Wildman–Crippen LogP) is 2.42. The smallest absolute Gasteiger partial charge is 0.345 e. The minimum absolute atomic E-state index is 0.384. The minimum Gasteiger partial charge on any atom is -0.389 e. The summed E-state index contributed by atoms with van der Waals surface area (Å²) in [7, 11) is 0. The molecule has 0 saturated carbocycles. The maximum absolute atomic E-state index is 11.5. The zero-order chi connectivity index (χ0) is 11.5. The third kappa shape index (κ3) is 3.20. The summed E-state index contributed by atoms with van der Waals surface area (Å²) >= 11 is 0. The van der Waals surface area contributed by atoms with Crippen LogP contribution in [-0.4, -0.2) is 11.9 Å². The van der Waals surface area contributed by atoms with Gasteiger partial charge in [-0.25, -0.2) is 4.79 Å². The van der Waals surface area contributed by atoms with Gasteiger partial charge in [-0.05, 0) is 32.9 Å². The van der Waals surface area contributed by atoms with Gasteiger partial charge in [0.1, 0.15) is 0 Å². The number of ether oxygens (including phenoxy) is 1. The molecule has 0 unspecified atom stereocenters. The summed E-state index contributed by atoms with van der Waals surface area (Å²) in [5, 5.41) is 0. The van der Waals surface area contributed by atoms with E-state index < -0.39 is 17.4 Å². The number of benzene rings is 1. The Morgan fingerprint density at radius 2 is 1.60 bits per heavy atom. The van der Waals surface area contributed by atoms with Gasteiger partial charge in [-0.1, -0.05) is 18.2 Å². The fourth-order valence-corrected chi connectivity index (χ4v) is 0.870. The molecule has 1 aromatic rings. The molecule has 0 aliphatic rings. The highest BCUT2D eigenvalue weighted by atomic mass is 16.6. The van der Waals surface area contributed by atoms with E-state index in [4.69, 9.17) is 4.74 Å². The lowest BCUT2D eigenvalue weighted by Gasteiger charge is -2.15. The monoisotopic (exact) mass is 206 g/mol. The van der Waals surface area contributed by atoms with Crippen LogP contribution in [0.3, 0.4) is 0 Å². The van der Waals surface area contributed by atoms with Crippen LogP contribution >= 0.6 is 0 Å². The van der Waals surface area contributed by atoms with Crippen molar-refractivity contribution in [1.82, 2.24) is 0 Å². The average Bonchev–Trinajstić information content (AvgIpc) is 2.17. The molecule has 0 bridgehead atoms. The van der Waals surface area contributed by atoms with Crippen molar-refractivity contribution in [3.05, 3.63) is 35.9 Å². The lowest BCUT2D eigenvalue weighted by molar-refractivity contribution is -0.146. The molecule has 0 aliphatic carbocycles. The summed E-state index contributed by atoms with van der Waals surface area (Å²) in [6, 6.07) is 8.45. The van der Waals surface area contributed by atoms with Crippen LogP contribution in [0.2, 0.25) is 0 Å². The molecule has 1 aromatic carbocycles. The van der Waals surface area contributed by atoms with Crippen molar-refractivity contribution < 1.29 is 14.3 Å². The Morgan fingerprint density at radius 1 is 1.07 bits per heavy atom. The summed E-state index contributed by atoms with van der Waals surface area (Å²) in [4.78, 5) is 22.9. The number of carbonyl (C=O) groups excluding carboxylic acids is 2.